The molecule has 0 aromatic heterocycles. The lowest BCUT2D eigenvalue weighted by Crippen LogP contribution is -2.11. The van der Waals surface area contributed by atoms with Crippen LogP contribution in [0.2, 0.25) is 0 Å². The summed E-state index contributed by atoms with van der Waals surface area (Å²) in [5, 5.41) is 17.7. The van der Waals surface area contributed by atoms with Crippen LogP contribution in [0.4, 0.5) is 0 Å². The highest BCUT2D eigenvalue weighted by Crippen LogP contribution is 2.31. The maximum absolute atomic E-state index is 10.4. The van der Waals surface area contributed by atoms with Crippen molar-refractivity contribution in [1.29, 1.82) is 0 Å². The molecule has 1 aliphatic carbocycles. The Hall–Kier alpha value is 0.160. The summed E-state index contributed by atoms with van der Waals surface area (Å²) in [6.45, 7) is 0. The first kappa shape index (κ1) is 8.26. The number of rotatable bonds is 1. The number of aliphatic carboxylic acids is 1. The molecule has 4 heteroatoms. The van der Waals surface area contributed by atoms with Crippen molar-refractivity contribution in [2.24, 2.45) is 5.92 Å². The summed E-state index contributed by atoms with van der Waals surface area (Å²) in [6, 6.07) is 0. The van der Waals surface area contributed by atoms with Gasteiger partial charge in [-0.2, -0.15) is 0 Å². The Morgan fingerprint density at radius 2 is 2.10 bits per heavy atom. The van der Waals surface area contributed by atoms with Gasteiger partial charge in [0.05, 0.1) is 12.0 Å². The van der Waals surface area contributed by atoms with Crippen LogP contribution < -0.4 is 0 Å². The van der Waals surface area contributed by atoms with Crippen LogP contribution in [0, 0.1) is 5.92 Å². The molecular weight excluding hydrogens is 247 g/mol. The van der Waals surface area contributed by atoms with E-state index in [1.54, 1.807) is 0 Å². The maximum atomic E-state index is 10.4. The molecule has 1 saturated carbocycles. The van der Waals surface area contributed by atoms with E-state index in [0.717, 1.165) is 0 Å². The Morgan fingerprint density at radius 1 is 1.50 bits per heavy atom. The van der Waals surface area contributed by atoms with Gasteiger partial charge in [-0.15, -0.1) is 0 Å². The predicted octanol–water partition coefficient (Wildman–Crippen LogP) is 0.645. The highest BCUT2D eigenvalue weighted by atomic mass is 127. The zero-order valence-electron chi connectivity index (χ0n) is 5.33. The van der Waals surface area contributed by atoms with E-state index in [2.05, 4.69) is 22.6 Å². The lowest BCUT2D eigenvalue weighted by atomic mass is 10.1. The molecule has 0 spiro atoms. The van der Waals surface area contributed by atoms with E-state index >= 15 is 0 Å². The first-order valence-corrected chi connectivity index (χ1v) is 4.40. The standard InChI is InChI=1S/C6H9IO3/c7-4-1-3(6(9)10)2-5(4)8/h3-5,8H,1-2H2,(H,9,10). The smallest absolute Gasteiger partial charge is 0.306 e. The molecule has 3 atom stereocenters. The third-order valence-electron chi connectivity index (χ3n) is 1.80. The van der Waals surface area contributed by atoms with E-state index in [9.17, 15) is 4.79 Å². The molecule has 0 saturated heterocycles. The van der Waals surface area contributed by atoms with Gasteiger partial charge in [0.25, 0.3) is 0 Å². The average molecular weight is 256 g/mol. The number of carbonyl (C=O) groups is 1. The number of aliphatic hydroxyl groups is 1. The Balaban J connectivity index is 2.49. The van der Waals surface area contributed by atoms with E-state index in [0.29, 0.717) is 12.8 Å². The Labute approximate surface area is 72.6 Å². The second-order valence-electron chi connectivity index (χ2n) is 2.59. The van der Waals surface area contributed by atoms with Crippen molar-refractivity contribution in [2.45, 2.75) is 22.9 Å². The van der Waals surface area contributed by atoms with Gasteiger partial charge in [0.15, 0.2) is 0 Å². The van der Waals surface area contributed by atoms with Crippen molar-refractivity contribution >= 4 is 28.6 Å². The molecule has 0 aliphatic heterocycles. The number of carboxylic acids is 1. The number of alkyl halides is 1. The zero-order valence-corrected chi connectivity index (χ0v) is 7.48. The van der Waals surface area contributed by atoms with Crippen LogP contribution in [0.1, 0.15) is 12.8 Å². The largest absolute Gasteiger partial charge is 0.481 e. The molecule has 1 aliphatic rings. The van der Waals surface area contributed by atoms with Crippen LogP contribution in [0.3, 0.4) is 0 Å². The Bertz CT molecular complexity index is 138. The van der Waals surface area contributed by atoms with Crippen molar-refractivity contribution < 1.29 is 15.0 Å². The molecule has 0 radical (unpaired) electrons. The molecule has 10 heavy (non-hydrogen) atoms. The molecule has 0 aromatic carbocycles. The molecule has 0 heterocycles. The predicted molar refractivity (Wildman–Crippen MR) is 44.2 cm³/mol. The van der Waals surface area contributed by atoms with E-state index in [1.807, 2.05) is 0 Å². The minimum atomic E-state index is -0.779. The van der Waals surface area contributed by atoms with Gasteiger partial charge in [-0.3, -0.25) is 4.79 Å². The molecular formula is C6H9IO3. The van der Waals surface area contributed by atoms with Gasteiger partial charge in [0, 0.05) is 3.92 Å². The monoisotopic (exact) mass is 256 g/mol. The van der Waals surface area contributed by atoms with Crippen molar-refractivity contribution in [1.82, 2.24) is 0 Å². The van der Waals surface area contributed by atoms with Gasteiger partial charge >= 0.3 is 5.97 Å². The number of hydrogen-bond donors (Lipinski definition) is 2. The highest BCUT2D eigenvalue weighted by Gasteiger charge is 2.34. The van der Waals surface area contributed by atoms with E-state index in [-0.39, 0.29) is 9.84 Å². The normalized spacial score (nSPS) is 40.0. The summed E-state index contributed by atoms with van der Waals surface area (Å²) in [4.78, 5) is 10.4. The summed E-state index contributed by atoms with van der Waals surface area (Å²) in [5.41, 5.74) is 0. The number of halogens is 1. The van der Waals surface area contributed by atoms with Gasteiger partial charge < -0.3 is 10.2 Å². The van der Waals surface area contributed by atoms with Gasteiger partial charge in [-0.05, 0) is 12.8 Å². The number of carboxylic acid groups (broad SMARTS) is 1. The first-order chi connectivity index (χ1) is 4.61. The second-order valence-corrected chi connectivity index (χ2v) is 4.19. The van der Waals surface area contributed by atoms with Crippen LogP contribution in [0.5, 0.6) is 0 Å². The van der Waals surface area contributed by atoms with E-state index in [1.165, 1.54) is 0 Å². The van der Waals surface area contributed by atoms with Gasteiger partial charge in [0.2, 0.25) is 0 Å². The molecule has 0 aromatic rings. The SMILES string of the molecule is O=C(O)C1CC(O)C(I)C1. The fourth-order valence-corrected chi connectivity index (χ4v) is 2.07. The second kappa shape index (κ2) is 3.04. The molecule has 2 N–H and O–H groups in total. The third-order valence-corrected chi connectivity index (χ3v) is 3.14. The van der Waals surface area contributed by atoms with E-state index < -0.39 is 12.1 Å². The molecule has 58 valence electrons. The van der Waals surface area contributed by atoms with Crippen LogP contribution >= 0.6 is 22.6 Å². The quantitative estimate of drug-likeness (QED) is 0.534. The lowest BCUT2D eigenvalue weighted by Gasteiger charge is -2.02. The maximum Gasteiger partial charge on any atom is 0.306 e. The molecule has 1 rings (SSSR count). The van der Waals surface area contributed by atoms with Crippen molar-refractivity contribution in [3.05, 3.63) is 0 Å². The van der Waals surface area contributed by atoms with Crippen molar-refractivity contribution in [3.8, 4) is 0 Å². The molecule has 3 unspecified atom stereocenters. The van der Waals surface area contributed by atoms with E-state index in [4.69, 9.17) is 10.2 Å². The summed E-state index contributed by atoms with van der Waals surface area (Å²) in [7, 11) is 0. The average Bonchev–Trinajstić information content (AvgIpc) is 2.13. The summed E-state index contributed by atoms with van der Waals surface area (Å²) >= 11 is 2.09. The highest BCUT2D eigenvalue weighted by molar-refractivity contribution is 14.1. The molecule has 1 fully saturated rings. The van der Waals surface area contributed by atoms with Gasteiger partial charge in [-0.1, -0.05) is 22.6 Å². The van der Waals surface area contributed by atoms with Crippen LogP contribution in [-0.2, 0) is 4.79 Å². The summed E-state index contributed by atoms with van der Waals surface area (Å²) in [5.74, 6) is -1.10. The third kappa shape index (κ3) is 1.60. The summed E-state index contributed by atoms with van der Waals surface area (Å²) < 4.78 is 0.124. The van der Waals surface area contributed by atoms with Crippen LogP contribution in [0.25, 0.3) is 0 Å². The van der Waals surface area contributed by atoms with Crippen molar-refractivity contribution in [3.63, 3.8) is 0 Å². The van der Waals surface area contributed by atoms with Gasteiger partial charge in [-0.25, -0.2) is 0 Å². The van der Waals surface area contributed by atoms with Crippen molar-refractivity contribution in [2.75, 3.05) is 0 Å². The zero-order chi connectivity index (χ0) is 7.72. The summed E-state index contributed by atoms with van der Waals surface area (Å²) in [6.07, 6.45) is 0.613. The first-order valence-electron chi connectivity index (χ1n) is 3.16. The van der Waals surface area contributed by atoms with Crippen LogP contribution in [0.15, 0.2) is 0 Å². The molecule has 0 bridgehead atoms. The Morgan fingerprint density at radius 3 is 2.30 bits per heavy atom. The molecule has 3 nitrogen and oxygen atoms in total. The molecule has 0 amide bonds. The minimum absolute atomic E-state index is 0.124. The topological polar surface area (TPSA) is 57.5 Å². The number of aliphatic hydroxyl groups excluding tert-OH is 1. The van der Waals surface area contributed by atoms with Crippen LogP contribution in [-0.4, -0.2) is 26.2 Å². The lowest BCUT2D eigenvalue weighted by molar-refractivity contribution is -0.141. The Kier molecular flexibility index (Phi) is 2.51. The number of hydrogen-bond acceptors (Lipinski definition) is 2. The minimum Gasteiger partial charge on any atom is -0.481 e. The fraction of sp³-hybridized carbons (Fsp3) is 0.833. The van der Waals surface area contributed by atoms with Gasteiger partial charge in [0.1, 0.15) is 0 Å². The fourth-order valence-electron chi connectivity index (χ4n) is 1.17.